The topological polar surface area (TPSA) is 120 Å². The van der Waals surface area contributed by atoms with Crippen molar-refractivity contribution in [2.24, 2.45) is 14.1 Å². The van der Waals surface area contributed by atoms with Crippen LogP contribution in [0.25, 0.3) is 22.6 Å². The van der Waals surface area contributed by atoms with E-state index in [9.17, 15) is 14.4 Å². The lowest BCUT2D eigenvalue weighted by atomic mass is 10.3. The van der Waals surface area contributed by atoms with Gasteiger partial charge in [-0.25, -0.2) is 14.8 Å². The van der Waals surface area contributed by atoms with Gasteiger partial charge < -0.3 is 9.52 Å². The first-order chi connectivity index (χ1) is 11.8. The molecule has 1 atom stereocenters. The Morgan fingerprint density at radius 2 is 2.00 bits per heavy atom. The van der Waals surface area contributed by atoms with Crippen molar-refractivity contribution >= 4 is 28.8 Å². The monoisotopic (exact) mass is 362 g/mol. The lowest BCUT2D eigenvalue weighted by molar-refractivity contribution is -0.136. The Labute approximate surface area is 144 Å². The lowest BCUT2D eigenvalue weighted by Crippen LogP contribution is -2.37. The Morgan fingerprint density at radius 3 is 2.60 bits per heavy atom. The number of aryl methyl sites for hydroxylation is 1. The molecule has 0 saturated heterocycles. The highest BCUT2D eigenvalue weighted by Crippen LogP contribution is 2.29. The van der Waals surface area contributed by atoms with Crippen LogP contribution in [0.3, 0.4) is 0 Å². The smallest absolute Gasteiger partial charge is 0.332 e. The first-order valence-corrected chi connectivity index (χ1v) is 8.10. The number of nitrogens with zero attached hydrogens (tertiary/aromatic N) is 4. The molecule has 3 aromatic heterocycles. The van der Waals surface area contributed by atoms with Crippen molar-refractivity contribution in [2.45, 2.75) is 17.2 Å². The summed E-state index contributed by atoms with van der Waals surface area (Å²) in [4.78, 5) is 44.5. The van der Waals surface area contributed by atoms with Crippen molar-refractivity contribution in [3.05, 3.63) is 39.2 Å². The van der Waals surface area contributed by atoms with Gasteiger partial charge in [-0.15, -0.1) is 0 Å². The van der Waals surface area contributed by atoms with E-state index in [0.29, 0.717) is 5.76 Å². The zero-order valence-electron chi connectivity index (χ0n) is 13.6. The Morgan fingerprint density at radius 1 is 1.28 bits per heavy atom. The fraction of sp³-hybridized carbons (Fsp3) is 0.267. The molecule has 0 unspecified atom stereocenters. The number of furan rings is 1. The van der Waals surface area contributed by atoms with Gasteiger partial charge in [0, 0.05) is 14.1 Å². The molecule has 0 aliphatic carbocycles. The summed E-state index contributed by atoms with van der Waals surface area (Å²) in [6.45, 7) is 1.49. The van der Waals surface area contributed by atoms with Crippen molar-refractivity contribution in [1.29, 1.82) is 0 Å². The van der Waals surface area contributed by atoms with Gasteiger partial charge in [0.1, 0.15) is 15.7 Å². The standard InChI is InChI=1S/C15H14N4O5S/c1-7(14(21)22)25-12-9-11(18(2)15(23)19(3)13(9)20)16-10(17-12)8-5-4-6-24-8/h4-7H,1-3H3,(H,21,22)/t7-/m1/s1. The van der Waals surface area contributed by atoms with Gasteiger partial charge in [0.05, 0.1) is 6.26 Å². The molecule has 0 aromatic carbocycles. The third-order valence-corrected chi connectivity index (χ3v) is 4.72. The molecule has 25 heavy (non-hydrogen) atoms. The van der Waals surface area contributed by atoms with Gasteiger partial charge in [0.25, 0.3) is 5.56 Å². The van der Waals surface area contributed by atoms with E-state index in [0.717, 1.165) is 16.3 Å². The molecule has 3 rings (SSSR count). The number of aromatic nitrogens is 4. The Hall–Kier alpha value is -2.88. The van der Waals surface area contributed by atoms with E-state index in [1.54, 1.807) is 12.1 Å². The molecule has 10 heteroatoms. The van der Waals surface area contributed by atoms with Crippen molar-refractivity contribution in [1.82, 2.24) is 19.1 Å². The largest absolute Gasteiger partial charge is 0.480 e. The minimum Gasteiger partial charge on any atom is -0.480 e. The summed E-state index contributed by atoms with van der Waals surface area (Å²) in [5.74, 6) is -0.529. The number of hydrogen-bond donors (Lipinski definition) is 1. The Balaban J connectivity index is 2.39. The second-order valence-electron chi connectivity index (χ2n) is 5.33. The molecule has 9 nitrogen and oxygen atoms in total. The molecule has 3 heterocycles. The third-order valence-electron chi connectivity index (χ3n) is 3.64. The number of carboxylic acid groups (broad SMARTS) is 1. The molecule has 0 spiro atoms. The predicted octanol–water partition coefficient (Wildman–Crippen LogP) is 0.852. The molecule has 1 N–H and O–H groups in total. The zero-order chi connectivity index (χ0) is 18.3. The van der Waals surface area contributed by atoms with E-state index in [1.807, 2.05) is 0 Å². The quantitative estimate of drug-likeness (QED) is 0.536. The highest BCUT2D eigenvalue weighted by molar-refractivity contribution is 8.00. The molecule has 0 aliphatic heterocycles. The van der Waals surface area contributed by atoms with E-state index >= 15 is 0 Å². The van der Waals surface area contributed by atoms with Crippen molar-refractivity contribution in [2.75, 3.05) is 0 Å². The van der Waals surface area contributed by atoms with Crippen molar-refractivity contribution in [3.8, 4) is 11.6 Å². The highest BCUT2D eigenvalue weighted by atomic mass is 32.2. The number of thioether (sulfide) groups is 1. The first-order valence-electron chi connectivity index (χ1n) is 7.22. The van der Waals surface area contributed by atoms with Crippen LogP contribution in [0.1, 0.15) is 6.92 Å². The van der Waals surface area contributed by atoms with Crippen LogP contribution in [-0.4, -0.2) is 35.4 Å². The molecule has 0 saturated carbocycles. The summed E-state index contributed by atoms with van der Waals surface area (Å²) in [7, 11) is 2.83. The number of aliphatic carboxylic acids is 1. The van der Waals surface area contributed by atoms with Crippen LogP contribution in [0, 0.1) is 0 Å². The average molecular weight is 362 g/mol. The molecule has 0 radical (unpaired) electrons. The molecule has 0 fully saturated rings. The van der Waals surface area contributed by atoms with Gasteiger partial charge in [0.15, 0.2) is 17.2 Å². The van der Waals surface area contributed by atoms with Crippen LogP contribution in [0.2, 0.25) is 0 Å². The van der Waals surface area contributed by atoms with Crippen LogP contribution in [0.15, 0.2) is 37.4 Å². The first kappa shape index (κ1) is 17.0. The Kier molecular flexibility index (Phi) is 4.21. The summed E-state index contributed by atoms with van der Waals surface area (Å²) in [5.41, 5.74) is -0.998. The summed E-state index contributed by atoms with van der Waals surface area (Å²) in [6.07, 6.45) is 1.44. The summed E-state index contributed by atoms with van der Waals surface area (Å²) in [6, 6.07) is 3.29. The summed E-state index contributed by atoms with van der Waals surface area (Å²) in [5, 5.41) is 8.61. The molecule has 130 valence electrons. The normalized spacial score (nSPS) is 12.4. The fourth-order valence-corrected chi connectivity index (χ4v) is 3.12. The minimum atomic E-state index is -1.04. The van der Waals surface area contributed by atoms with Crippen molar-refractivity contribution in [3.63, 3.8) is 0 Å². The molecule has 3 aromatic rings. The van der Waals surface area contributed by atoms with E-state index in [2.05, 4.69) is 9.97 Å². The van der Waals surface area contributed by atoms with Crippen LogP contribution in [0.4, 0.5) is 0 Å². The Bertz CT molecular complexity index is 1080. The second kappa shape index (κ2) is 6.20. The number of hydrogen-bond acceptors (Lipinski definition) is 7. The molecular weight excluding hydrogens is 348 g/mol. The van der Waals surface area contributed by atoms with E-state index in [-0.39, 0.29) is 21.9 Å². The van der Waals surface area contributed by atoms with E-state index in [1.165, 1.54) is 31.8 Å². The van der Waals surface area contributed by atoms with Gasteiger partial charge >= 0.3 is 11.7 Å². The maximum absolute atomic E-state index is 12.6. The maximum atomic E-state index is 12.6. The summed E-state index contributed by atoms with van der Waals surface area (Å²) < 4.78 is 7.44. The number of carbonyl (C=O) groups is 1. The molecule has 0 aliphatic rings. The molecule has 0 bridgehead atoms. The van der Waals surface area contributed by atoms with Gasteiger partial charge in [0.2, 0.25) is 0 Å². The van der Waals surface area contributed by atoms with Gasteiger partial charge in [-0.05, 0) is 19.1 Å². The van der Waals surface area contributed by atoms with E-state index in [4.69, 9.17) is 9.52 Å². The number of rotatable bonds is 4. The third kappa shape index (κ3) is 2.84. The highest BCUT2D eigenvalue weighted by Gasteiger charge is 2.22. The van der Waals surface area contributed by atoms with Crippen molar-refractivity contribution < 1.29 is 14.3 Å². The van der Waals surface area contributed by atoms with Crippen LogP contribution in [0.5, 0.6) is 0 Å². The number of fused-ring (bicyclic) bond motifs is 1. The SMILES string of the molecule is C[C@@H](Sc1nc(-c2ccco2)nc2c1c(=O)n(C)c(=O)n2C)C(=O)O. The zero-order valence-corrected chi connectivity index (χ0v) is 14.4. The number of carboxylic acids is 1. The predicted molar refractivity (Wildman–Crippen MR) is 90.7 cm³/mol. The van der Waals surface area contributed by atoms with Gasteiger partial charge in [-0.2, -0.15) is 0 Å². The lowest BCUT2D eigenvalue weighted by Gasteiger charge is -2.12. The van der Waals surface area contributed by atoms with Crippen LogP contribution >= 0.6 is 11.8 Å². The fourth-order valence-electron chi connectivity index (χ4n) is 2.25. The van der Waals surface area contributed by atoms with Crippen LogP contribution < -0.4 is 11.2 Å². The van der Waals surface area contributed by atoms with Gasteiger partial charge in [-0.3, -0.25) is 18.7 Å². The molecule has 0 amide bonds. The van der Waals surface area contributed by atoms with Crippen LogP contribution in [-0.2, 0) is 18.9 Å². The maximum Gasteiger partial charge on any atom is 0.332 e. The second-order valence-corrected chi connectivity index (χ2v) is 6.66. The van der Waals surface area contributed by atoms with E-state index < -0.39 is 22.5 Å². The summed E-state index contributed by atoms with van der Waals surface area (Å²) >= 11 is 0.909. The average Bonchev–Trinajstić information content (AvgIpc) is 3.11. The molecular formula is C15H14N4O5S. The minimum absolute atomic E-state index is 0.0954. The van der Waals surface area contributed by atoms with Gasteiger partial charge in [-0.1, -0.05) is 11.8 Å².